The Morgan fingerprint density at radius 1 is 1.30 bits per heavy atom. The fourth-order valence-corrected chi connectivity index (χ4v) is 2.05. The van der Waals surface area contributed by atoms with Crippen molar-refractivity contribution in [1.82, 2.24) is 10.2 Å². The molecular formula is C16H25ClN2O. The van der Waals surface area contributed by atoms with Crippen LogP contribution in [0.4, 0.5) is 0 Å². The Balaban J connectivity index is 0.00000361. The largest absolute Gasteiger partial charge is 0.352 e. The van der Waals surface area contributed by atoms with Crippen LogP contribution in [0.1, 0.15) is 31.4 Å². The molecule has 0 aromatic heterocycles. The molecule has 0 saturated heterocycles. The van der Waals surface area contributed by atoms with Crippen molar-refractivity contribution in [2.75, 3.05) is 20.6 Å². The first-order valence-corrected chi connectivity index (χ1v) is 6.67. The molecule has 4 heteroatoms. The summed E-state index contributed by atoms with van der Waals surface area (Å²) < 4.78 is 0. The minimum Gasteiger partial charge on any atom is -0.352 e. The van der Waals surface area contributed by atoms with E-state index < -0.39 is 0 Å². The number of halogens is 1. The zero-order chi connectivity index (χ0) is 14.3. The van der Waals surface area contributed by atoms with Crippen molar-refractivity contribution in [3.63, 3.8) is 0 Å². The van der Waals surface area contributed by atoms with Crippen molar-refractivity contribution >= 4 is 18.3 Å². The molecule has 0 heterocycles. The molecule has 1 rings (SSSR count). The lowest BCUT2D eigenvalue weighted by atomic mass is 10.0. The van der Waals surface area contributed by atoms with Crippen molar-refractivity contribution in [1.29, 1.82) is 0 Å². The van der Waals surface area contributed by atoms with Gasteiger partial charge in [0.15, 0.2) is 0 Å². The summed E-state index contributed by atoms with van der Waals surface area (Å²) in [6.45, 7) is 6.05. The van der Waals surface area contributed by atoms with Crippen LogP contribution in [0.3, 0.4) is 0 Å². The Kier molecular flexibility index (Phi) is 8.93. The fraction of sp³-hybridized carbons (Fsp3) is 0.438. The molecule has 0 saturated carbocycles. The van der Waals surface area contributed by atoms with Crippen molar-refractivity contribution in [2.24, 2.45) is 0 Å². The summed E-state index contributed by atoms with van der Waals surface area (Å²) >= 11 is 0. The Morgan fingerprint density at radius 2 is 1.90 bits per heavy atom. The molecule has 112 valence electrons. The van der Waals surface area contributed by atoms with E-state index in [2.05, 4.69) is 55.2 Å². The molecule has 0 fully saturated rings. The third-order valence-electron chi connectivity index (χ3n) is 3.14. The van der Waals surface area contributed by atoms with E-state index in [9.17, 15) is 4.79 Å². The number of carbonyl (C=O) groups excluding carboxylic acids is 1. The van der Waals surface area contributed by atoms with Crippen LogP contribution in [0, 0.1) is 0 Å². The van der Waals surface area contributed by atoms with Gasteiger partial charge in [-0.1, -0.05) is 36.9 Å². The molecule has 1 unspecified atom stereocenters. The van der Waals surface area contributed by atoms with Gasteiger partial charge in [-0.2, -0.15) is 0 Å². The van der Waals surface area contributed by atoms with Crippen molar-refractivity contribution < 1.29 is 4.79 Å². The van der Waals surface area contributed by atoms with E-state index in [4.69, 9.17) is 0 Å². The number of hydrogen-bond acceptors (Lipinski definition) is 2. The highest BCUT2D eigenvalue weighted by molar-refractivity contribution is 5.91. The van der Waals surface area contributed by atoms with Crippen LogP contribution in [0.5, 0.6) is 0 Å². The third kappa shape index (κ3) is 6.22. The summed E-state index contributed by atoms with van der Waals surface area (Å²) in [6.07, 6.45) is 1.98. The average molecular weight is 297 g/mol. The first-order valence-electron chi connectivity index (χ1n) is 6.67. The van der Waals surface area contributed by atoms with E-state index in [1.165, 1.54) is 5.56 Å². The maximum atomic E-state index is 11.4. The Labute approximate surface area is 128 Å². The second-order valence-corrected chi connectivity index (χ2v) is 5.07. The molecule has 0 bridgehead atoms. The van der Waals surface area contributed by atoms with E-state index >= 15 is 0 Å². The molecule has 3 nitrogen and oxygen atoms in total. The number of amides is 1. The van der Waals surface area contributed by atoms with Crippen LogP contribution in [0.25, 0.3) is 0 Å². The number of nitrogens with one attached hydrogen (secondary N) is 1. The zero-order valence-corrected chi connectivity index (χ0v) is 13.4. The molecular weight excluding hydrogens is 272 g/mol. The fourth-order valence-electron chi connectivity index (χ4n) is 2.05. The first-order chi connectivity index (χ1) is 9.02. The topological polar surface area (TPSA) is 32.3 Å². The predicted octanol–water partition coefficient (Wildman–Crippen LogP) is 3.18. The van der Waals surface area contributed by atoms with Gasteiger partial charge in [0.25, 0.3) is 0 Å². The highest BCUT2D eigenvalue weighted by Gasteiger charge is 2.13. The van der Waals surface area contributed by atoms with Crippen LogP contribution in [-0.4, -0.2) is 31.4 Å². The Bertz CT molecular complexity index is 418. The van der Waals surface area contributed by atoms with Gasteiger partial charge in [0.2, 0.25) is 5.91 Å². The Morgan fingerprint density at radius 3 is 2.40 bits per heavy atom. The van der Waals surface area contributed by atoms with Crippen LogP contribution in [0.15, 0.2) is 42.5 Å². The van der Waals surface area contributed by atoms with Crippen LogP contribution < -0.4 is 5.32 Å². The van der Waals surface area contributed by atoms with E-state index in [1.54, 1.807) is 6.92 Å². The van der Waals surface area contributed by atoms with Crippen LogP contribution in [-0.2, 0) is 4.79 Å². The summed E-state index contributed by atoms with van der Waals surface area (Å²) in [5.41, 5.74) is 1.88. The molecule has 20 heavy (non-hydrogen) atoms. The lowest BCUT2D eigenvalue weighted by Gasteiger charge is -2.24. The van der Waals surface area contributed by atoms with Gasteiger partial charge in [0.1, 0.15) is 0 Å². The Hall–Kier alpha value is -1.32. The average Bonchev–Trinajstić information content (AvgIpc) is 2.38. The van der Waals surface area contributed by atoms with Crippen LogP contribution in [0.2, 0.25) is 0 Å². The maximum absolute atomic E-state index is 11.4. The number of nitrogens with zero attached hydrogens (tertiary/aromatic N) is 1. The molecule has 1 aromatic carbocycles. The summed E-state index contributed by atoms with van der Waals surface area (Å²) in [5.74, 6) is -0.0545. The summed E-state index contributed by atoms with van der Waals surface area (Å²) in [4.78, 5) is 13.6. The van der Waals surface area contributed by atoms with Crippen LogP contribution >= 0.6 is 12.4 Å². The van der Waals surface area contributed by atoms with Gasteiger partial charge in [-0.15, -0.1) is 12.4 Å². The quantitative estimate of drug-likeness (QED) is 0.619. The number of benzene rings is 1. The van der Waals surface area contributed by atoms with Crippen molar-refractivity contribution in [3.8, 4) is 0 Å². The van der Waals surface area contributed by atoms with Gasteiger partial charge in [-0.05, 0) is 39.4 Å². The van der Waals surface area contributed by atoms with E-state index in [-0.39, 0.29) is 18.3 Å². The predicted molar refractivity (Wildman–Crippen MR) is 87.2 cm³/mol. The molecule has 1 amide bonds. The molecule has 0 aliphatic carbocycles. The number of rotatable bonds is 7. The minimum absolute atomic E-state index is 0. The lowest BCUT2D eigenvalue weighted by Crippen LogP contribution is -2.26. The SMILES string of the molecule is C=C(C)C(=O)NCCCC(c1ccccc1)N(C)C.Cl. The molecule has 1 aromatic rings. The van der Waals surface area contributed by atoms with Gasteiger partial charge in [0.05, 0.1) is 0 Å². The third-order valence-corrected chi connectivity index (χ3v) is 3.14. The zero-order valence-electron chi connectivity index (χ0n) is 12.6. The second-order valence-electron chi connectivity index (χ2n) is 5.07. The second kappa shape index (κ2) is 9.56. The smallest absolute Gasteiger partial charge is 0.246 e. The minimum atomic E-state index is -0.0545. The summed E-state index contributed by atoms with van der Waals surface area (Å²) in [5, 5.41) is 2.87. The highest BCUT2D eigenvalue weighted by atomic mass is 35.5. The maximum Gasteiger partial charge on any atom is 0.246 e. The lowest BCUT2D eigenvalue weighted by molar-refractivity contribution is -0.117. The summed E-state index contributed by atoms with van der Waals surface area (Å²) in [6, 6.07) is 10.9. The standard InChI is InChI=1S/C16H24N2O.ClH/c1-13(2)16(19)17-12-8-11-15(18(3)4)14-9-6-5-7-10-14;/h5-7,9-10,15H,1,8,11-12H2,2-4H3,(H,17,19);1H. The number of carbonyl (C=O) groups is 1. The molecule has 0 aliphatic heterocycles. The molecule has 0 aliphatic rings. The molecule has 0 spiro atoms. The highest BCUT2D eigenvalue weighted by Crippen LogP contribution is 2.22. The van der Waals surface area contributed by atoms with Gasteiger partial charge in [0, 0.05) is 18.2 Å². The normalized spacial score (nSPS) is 11.6. The molecule has 1 N–H and O–H groups in total. The monoisotopic (exact) mass is 296 g/mol. The van der Waals surface area contributed by atoms with Gasteiger partial charge in [-0.3, -0.25) is 4.79 Å². The van der Waals surface area contributed by atoms with Gasteiger partial charge < -0.3 is 10.2 Å². The van der Waals surface area contributed by atoms with E-state index in [0.717, 1.165) is 12.8 Å². The molecule has 0 radical (unpaired) electrons. The van der Waals surface area contributed by atoms with E-state index in [1.807, 2.05) is 6.07 Å². The van der Waals surface area contributed by atoms with Crippen molar-refractivity contribution in [3.05, 3.63) is 48.0 Å². The summed E-state index contributed by atoms with van der Waals surface area (Å²) in [7, 11) is 4.17. The molecule has 1 atom stereocenters. The number of hydrogen-bond donors (Lipinski definition) is 1. The van der Waals surface area contributed by atoms with Gasteiger partial charge >= 0.3 is 0 Å². The first kappa shape index (κ1) is 18.7. The van der Waals surface area contributed by atoms with E-state index in [0.29, 0.717) is 18.2 Å². The van der Waals surface area contributed by atoms with Crippen molar-refractivity contribution in [2.45, 2.75) is 25.8 Å². The van der Waals surface area contributed by atoms with Gasteiger partial charge in [-0.25, -0.2) is 0 Å².